The van der Waals surface area contributed by atoms with Crippen molar-refractivity contribution in [1.29, 1.82) is 0 Å². The van der Waals surface area contributed by atoms with Crippen molar-refractivity contribution >= 4 is 11.3 Å². The summed E-state index contributed by atoms with van der Waals surface area (Å²) < 4.78 is 5.85. The van der Waals surface area contributed by atoms with E-state index in [0.717, 1.165) is 26.2 Å². The number of pyridine rings is 1. The first-order chi connectivity index (χ1) is 11.4. The van der Waals surface area contributed by atoms with Crippen LogP contribution in [0.4, 0.5) is 0 Å². The van der Waals surface area contributed by atoms with Crippen LogP contribution < -0.4 is 0 Å². The van der Waals surface area contributed by atoms with Gasteiger partial charge in [0.15, 0.2) is 0 Å². The van der Waals surface area contributed by atoms with Crippen LogP contribution in [0, 0.1) is 0 Å². The molecule has 4 rings (SSSR count). The highest BCUT2D eigenvalue weighted by Gasteiger charge is 2.22. The van der Waals surface area contributed by atoms with Gasteiger partial charge in [0.1, 0.15) is 5.01 Å². The van der Waals surface area contributed by atoms with E-state index in [0.29, 0.717) is 6.10 Å². The molecule has 2 aromatic heterocycles. The molecule has 0 aromatic carbocycles. The third kappa shape index (κ3) is 3.79. The zero-order valence-corrected chi connectivity index (χ0v) is 14.2. The molecular weight excluding hydrogens is 306 g/mol. The molecule has 0 saturated carbocycles. The van der Waals surface area contributed by atoms with Crippen molar-refractivity contribution in [1.82, 2.24) is 14.9 Å². The van der Waals surface area contributed by atoms with Crippen molar-refractivity contribution in [3.05, 3.63) is 45.7 Å². The maximum Gasteiger partial charge on any atom is 0.107 e. The molecule has 0 N–H and O–H groups in total. The lowest BCUT2D eigenvalue weighted by molar-refractivity contribution is 0.0678. The van der Waals surface area contributed by atoms with Gasteiger partial charge >= 0.3 is 0 Å². The molecule has 0 unspecified atom stereocenters. The number of hydrogen-bond donors (Lipinski definition) is 0. The van der Waals surface area contributed by atoms with Gasteiger partial charge in [0, 0.05) is 37.0 Å². The lowest BCUT2D eigenvalue weighted by Gasteiger charge is -2.24. The largest absolute Gasteiger partial charge is 0.377 e. The van der Waals surface area contributed by atoms with Crippen molar-refractivity contribution in [3.63, 3.8) is 0 Å². The van der Waals surface area contributed by atoms with Crippen LogP contribution in [0.2, 0.25) is 0 Å². The van der Waals surface area contributed by atoms with Gasteiger partial charge in [0.2, 0.25) is 0 Å². The summed E-state index contributed by atoms with van der Waals surface area (Å²) in [7, 11) is 0. The topological polar surface area (TPSA) is 38.2 Å². The Labute approximate surface area is 141 Å². The van der Waals surface area contributed by atoms with Crippen LogP contribution in [-0.4, -0.2) is 34.1 Å². The van der Waals surface area contributed by atoms with Crippen LogP contribution in [0.3, 0.4) is 0 Å². The molecule has 1 atom stereocenters. The summed E-state index contributed by atoms with van der Waals surface area (Å²) in [6.07, 6.45) is 10.2. The van der Waals surface area contributed by atoms with Gasteiger partial charge in [-0.2, -0.15) is 0 Å². The Balaban J connectivity index is 1.46. The lowest BCUT2D eigenvalue weighted by atomic mass is 10.2. The van der Waals surface area contributed by atoms with E-state index >= 15 is 0 Å². The third-order valence-electron chi connectivity index (χ3n) is 4.61. The molecule has 5 heteroatoms. The highest BCUT2D eigenvalue weighted by molar-refractivity contribution is 7.11. The second-order valence-corrected chi connectivity index (χ2v) is 7.67. The molecule has 4 nitrogen and oxygen atoms in total. The van der Waals surface area contributed by atoms with Gasteiger partial charge in [-0.3, -0.25) is 9.88 Å². The predicted octanol–water partition coefficient (Wildman–Crippen LogP) is 3.21. The molecule has 122 valence electrons. The molecule has 0 amide bonds. The Kier molecular flexibility index (Phi) is 4.69. The molecular formula is C18H23N3OS. The van der Waals surface area contributed by atoms with Crippen molar-refractivity contribution in [2.24, 2.45) is 0 Å². The summed E-state index contributed by atoms with van der Waals surface area (Å²) >= 11 is 1.91. The Morgan fingerprint density at radius 1 is 1.26 bits per heavy atom. The van der Waals surface area contributed by atoms with Gasteiger partial charge in [0.25, 0.3) is 0 Å². The molecule has 1 saturated heterocycles. The van der Waals surface area contributed by atoms with Gasteiger partial charge in [-0.25, -0.2) is 4.98 Å². The monoisotopic (exact) mass is 329 g/mol. The van der Waals surface area contributed by atoms with Gasteiger partial charge < -0.3 is 4.74 Å². The second-order valence-electron chi connectivity index (χ2n) is 6.50. The number of thiazole rings is 1. The predicted molar refractivity (Wildman–Crippen MR) is 91.5 cm³/mol. The Hall–Kier alpha value is -1.30. The number of aromatic nitrogens is 2. The Morgan fingerprint density at radius 2 is 2.26 bits per heavy atom. The van der Waals surface area contributed by atoms with Crippen molar-refractivity contribution in [3.8, 4) is 0 Å². The Bertz CT molecular complexity index is 615. The SMILES string of the molecule is c1cncc(CN(Cc2nc3c(s2)CCC3)C[C@H]2CCCO2)c1. The van der Waals surface area contributed by atoms with E-state index < -0.39 is 0 Å². The molecule has 2 aromatic rings. The zero-order valence-electron chi connectivity index (χ0n) is 13.4. The van der Waals surface area contributed by atoms with E-state index in [1.54, 1.807) is 0 Å². The minimum Gasteiger partial charge on any atom is -0.377 e. The molecule has 1 aliphatic heterocycles. The van der Waals surface area contributed by atoms with Crippen molar-refractivity contribution in [2.45, 2.75) is 51.3 Å². The fourth-order valence-electron chi connectivity index (χ4n) is 3.51. The summed E-state index contributed by atoms with van der Waals surface area (Å²) in [6.45, 7) is 3.74. The van der Waals surface area contributed by atoms with E-state index in [1.807, 2.05) is 29.8 Å². The molecule has 1 aliphatic carbocycles. The maximum absolute atomic E-state index is 5.85. The van der Waals surface area contributed by atoms with E-state index in [4.69, 9.17) is 9.72 Å². The van der Waals surface area contributed by atoms with E-state index in [1.165, 1.54) is 53.2 Å². The van der Waals surface area contributed by atoms with Crippen LogP contribution in [0.5, 0.6) is 0 Å². The molecule has 23 heavy (non-hydrogen) atoms. The van der Waals surface area contributed by atoms with Crippen LogP contribution in [0.1, 0.15) is 40.4 Å². The first-order valence-electron chi connectivity index (χ1n) is 8.57. The van der Waals surface area contributed by atoms with E-state index in [2.05, 4.69) is 16.0 Å². The molecule has 0 bridgehead atoms. The molecule has 0 radical (unpaired) electrons. The summed E-state index contributed by atoms with van der Waals surface area (Å²) in [4.78, 5) is 13.1. The average molecular weight is 329 g/mol. The number of rotatable bonds is 6. The Morgan fingerprint density at radius 3 is 3.04 bits per heavy atom. The smallest absolute Gasteiger partial charge is 0.107 e. The first kappa shape index (κ1) is 15.2. The number of hydrogen-bond acceptors (Lipinski definition) is 5. The number of nitrogens with zero attached hydrogens (tertiary/aromatic N) is 3. The van der Waals surface area contributed by atoms with E-state index in [-0.39, 0.29) is 0 Å². The zero-order chi connectivity index (χ0) is 15.5. The normalized spacial score (nSPS) is 20.3. The van der Waals surface area contributed by atoms with Crippen LogP contribution in [0.25, 0.3) is 0 Å². The summed E-state index contributed by atoms with van der Waals surface area (Å²) in [5.74, 6) is 0. The fraction of sp³-hybridized carbons (Fsp3) is 0.556. The molecule has 1 fully saturated rings. The van der Waals surface area contributed by atoms with Crippen molar-refractivity contribution in [2.75, 3.05) is 13.2 Å². The van der Waals surface area contributed by atoms with Crippen LogP contribution in [-0.2, 0) is 30.7 Å². The highest BCUT2D eigenvalue weighted by atomic mass is 32.1. The standard InChI is InChI=1S/C18H23N3OS/c1-6-16-17(7-1)23-18(20-16)13-21(12-15-5-3-9-22-15)11-14-4-2-8-19-10-14/h2,4,8,10,15H,1,3,5-7,9,11-13H2/t15-/m1/s1. The van der Waals surface area contributed by atoms with Gasteiger partial charge in [-0.15, -0.1) is 11.3 Å². The fourth-order valence-corrected chi connectivity index (χ4v) is 4.71. The van der Waals surface area contributed by atoms with Crippen molar-refractivity contribution < 1.29 is 4.74 Å². The van der Waals surface area contributed by atoms with Crippen LogP contribution in [0.15, 0.2) is 24.5 Å². The third-order valence-corrected chi connectivity index (χ3v) is 5.76. The number of aryl methyl sites for hydroxylation is 2. The number of fused-ring (bicyclic) bond motifs is 1. The minimum absolute atomic E-state index is 0.374. The first-order valence-corrected chi connectivity index (χ1v) is 9.39. The minimum atomic E-state index is 0.374. The molecule has 2 aliphatic rings. The second kappa shape index (κ2) is 7.07. The average Bonchev–Trinajstić information content (AvgIpc) is 3.25. The maximum atomic E-state index is 5.85. The van der Waals surface area contributed by atoms with Gasteiger partial charge in [-0.1, -0.05) is 6.07 Å². The summed E-state index contributed by atoms with van der Waals surface area (Å²) in [6, 6.07) is 4.16. The summed E-state index contributed by atoms with van der Waals surface area (Å²) in [5, 5.41) is 1.26. The van der Waals surface area contributed by atoms with E-state index in [9.17, 15) is 0 Å². The van der Waals surface area contributed by atoms with Crippen LogP contribution >= 0.6 is 11.3 Å². The summed E-state index contributed by atoms with van der Waals surface area (Å²) in [5.41, 5.74) is 2.61. The highest BCUT2D eigenvalue weighted by Crippen LogP contribution is 2.28. The van der Waals surface area contributed by atoms with Gasteiger partial charge in [-0.05, 0) is 43.7 Å². The lowest BCUT2D eigenvalue weighted by Crippen LogP contribution is -2.31. The van der Waals surface area contributed by atoms with Gasteiger partial charge in [0.05, 0.1) is 18.3 Å². The number of ether oxygens (including phenoxy) is 1. The quantitative estimate of drug-likeness (QED) is 0.816. The molecule has 0 spiro atoms. The molecule has 3 heterocycles.